The lowest BCUT2D eigenvalue weighted by molar-refractivity contribution is 0.0812. The lowest BCUT2D eigenvalue weighted by atomic mass is 10.0. The van der Waals surface area contributed by atoms with E-state index in [1.165, 1.54) is 9.88 Å². The molecular weight excluding hydrogens is 442 g/mol. The first kappa shape index (κ1) is 25.5. The third kappa shape index (κ3) is 5.70. The summed E-state index contributed by atoms with van der Waals surface area (Å²) < 4.78 is 34.8. The zero-order valence-corrected chi connectivity index (χ0v) is 20.9. The maximum Gasteiger partial charge on any atom is 0.317 e. The van der Waals surface area contributed by atoms with Gasteiger partial charge in [0.25, 0.3) is 0 Å². The maximum atomic E-state index is 13.6. The van der Waals surface area contributed by atoms with Crippen LogP contribution in [0.5, 0.6) is 5.75 Å². The molecular formula is C24H37N3O5S. The number of carbonyl (C=O) groups is 1. The van der Waals surface area contributed by atoms with Crippen molar-refractivity contribution in [1.82, 2.24) is 14.5 Å². The molecule has 2 amide bonds. The highest BCUT2D eigenvalue weighted by atomic mass is 32.2. The van der Waals surface area contributed by atoms with Gasteiger partial charge in [-0.3, -0.25) is 0 Å². The Kier molecular flexibility index (Phi) is 8.42. The second-order valence-corrected chi connectivity index (χ2v) is 11.0. The van der Waals surface area contributed by atoms with Gasteiger partial charge in [0.2, 0.25) is 10.0 Å². The van der Waals surface area contributed by atoms with Crippen LogP contribution in [0.15, 0.2) is 29.2 Å². The second-order valence-electron chi connectivity index (χ2n) is 9.14. The van der Waals surface area contributed by atoms with Crippen molar-refractivity contribution in [3.05, 3.63) is 29.8 Å². The van der Waals surface area contributed by atoms with Crippen molar-refractivity contribution in [3.63, 3.8) is 0 Å². The quantitative estimate of drug-likeness (QED) is 0.626. The van der Waals surface area contributed by atoms with Gasteiger partial charge in [-0.15, -0.1) is 0 Å². The van der Waals surface area contributed by atoms with Gasteiger partial charge < -0.3 is 20.1 Å². The van der Waals surface area contributed by atoms with Gasteiger partial charge in [0.05, 0.1) is 13.2 Å². The standard InChI is InChI=1S/C24H37N3O5S/c1-5-12-25-24(29)26(4)15-22-17(2)14-27(18(3)16-28)33(30,31)23-11-10-20(13-21(23)32-22)19-8-6-7-9-19/h8,10-11,13,17-18,22,28H,5-7,9,12,14-16H2,1-4H3,(H,25,29)/t17-,18-,22+/m0/s1. The molecule has 0 spiro atoms. The SMILES string of the molecule is CCCNC(=O)N(C)C[C@H]1Oc2cc(C3=CCCC3)ccc2S(=O)(=O)N([C@@H](C)CO)C[C@@H]1C. The smallest absolute Gasteiger partial charge is 0.317 e. The number of amides is 2. The van der Waals surface area contributed by atoms with Crippen molar-refractivity contribution in [2.24, 2.45) is 5.92 Å². The molecule has 0 aromatic heterocycles. The van der Waals surface area contributed by atoms with E-state index in [-0.39, 0.29) is 30.0 Å². The van der Waals surface area contributed by atoms with Gasteiger partial charge in [0.1, 0.15) is 16.7 Å². The first-order valence-electron chi connectivity index (χ1n) is 11.8. The van der Waals surface area contributed by atoms with E-state index in [2.05, 4.69) is 11.4 Å². The summed E-state index contributed by atoms with van der Waals surface area (Å²) in [4.78, 5) is 14.1. The van der Waals surface area contributed by atoms with E-state index in [0.717, 1.165) is 31.2 Å². The third-order valence-electron chi connectivity index (χ3n) is 6.41. The van der Waals surface area contributed by atoms with E-state index >= 15 is 0 Å². The summed E-state index contributed by atoms with van der Waals surface area (Å²) in [7, 11) is -2.16. The number of hydrogen-bond donors (Lipinski definition) is 2. The molecule has 1 aliphatic carbocycles. The predicted molar refractivity (Wildman–Crippen MR) is 129 cm³/mol. The molecule has 0 saturated carbocycles. The molecule has 1 aromatic carbocycles. The number of urea groups is 1. The van der Waals surface area contributed by atoms with E-state index < -0.39 is 22.2 Å². The molecule has 1 aromatic rings. The summed E-state index contributed by atoms with van der Waals surface area (Å²) in [6.45, 7) is 6.41. The lowest BCUT2D eigenvalue weighted by Crippen LogP contribution is -2.51. The van der Waals surface area contributed by atoms with Crippen molar-refractivity contribution in [3.8, 4) is 5.75 Å². The van der Waals surface area contributed by atoms with Crippen LogP contribution < -0.4 is 10.1 Å². The van der Waals surface area contributed by atoms with Gasteiger partial charge in [-0.2, -0.15) is 4.31 Å². The molecule has 0 unspecified atom stereocenters. The number of fused-ring (bicyclic) bond motifs is 1. The van der Waals surface area contributed by atoms with Crippen LogP contribution in [0.1, 0.15) is 52.0 Å². The summed E-state index contributed by atoms with van der Waals surface area (Å²) in [6.07, 6.45) is 5.67. The monoisotopic (exact) mass is 479 g/mol. The van der Waals surface area contributed by atoms with Crippen LogP contribution in [0.2, 0.25) is 0 Å². The molecule has 2 aliphatic rings. The average molecular weight is 480 g/mol. The van der Waals surface area contributed by atoms with Gasteiger partial charge >= 0.3 is 6.03 Å². The fourth-order valence-corrected chi connectivity index (χ4v) is 6.12. The van der Waals surface area contributed by atoms with E-state index in [9.17, 15) is 18.3 Å². The first-order valence-corrected chi connectivity index (χ1v) is 13.2. The number of nitrogens with zero attached hydrogens (tertiary/aromatic N) is 2. The number of nitrogens with one attached hydrogen (secondary N) is 1. The number of hydrogen-bond acceptors (Lipinski definition) is 5. The molecule has 2 N–H and O–H groups in total. The minimum Gasteiger partial charge on any atom is -0.487 e. The van der Waals surface area contributed by atoms with Crippen LogP contribution in [0.25, 0.3) is 5.57 Å². The molecule has 0 radical (unpaired) electrons. The second kappa shape index (κ2) is 10.9. The van der Waals surface area contributed by atoms with Crippen LogP contribution >= 0.6 is 0 Å². The minimum atomic E-state index is -3.87. The van der Waals surface area contributed by atoms with Crippen molar-refractivity contribution < 1.29 is 23.1 Å². The molecule has 184 valence electrons. The molecule has 0 bridgehead atoms. The fraction of sp³-hybridized carbons (Fsp3) is 0.625. The molecule has 0 fully saturated rings. The first-order chi connectivity index (χ1) is 15.7. The Morgan fingerprint density at radius 2 is 2.15 bits per heavy atom. The van der Waals surface area contributed by atoms with Crippen molar-refractivity contribution in [1.29, 1.82) is 0 Å². The van der Waals surface area contributed by atoms with Crippen LogP contribution in [0.3, 0.4) is 0 Å². The van der Waals surface area contributed by atoms with Crippen molar-refractivity contribution in [2.75, 3.05) is 33.3 Å². The Labute approximate surface area is 197 Å². The summed E-state index contributed by atoms with van der Waals surface area (Å²) in [5.74, 6) is 0.0899. The van der Waals surface area contributed by atoms with Crippen LogP contribution in [0.4, 0.5) is 4.79 Å². The Morgan fingerprint density at radius 1 is 1.39 bits per heavy atom. The number of carbonyl (C=O) groups excluding carboxylic acids is 1. The summed E-state index contributed by atoms with van der Waals surface area (Å²) in [5.41, 5.74) is 2.16. The van der Waals surface area contributed by atoms with Crippen molar-refractivity contribution >= 4 is 21.6 Å². The molecule has 33 heavy (non-hydrogen) atoms. The highest BCUT2D eigenvalue weighted by Crippen LogP contribution is 2.37. The van der Waals surface area contributed by atoms with Crippen LogP contribution in [-0.2, 0) is 10.0 Å². The highest BCUT2D eigenvalue weighted by Gasteiger charge is 2.38. The summed E-state index contributed by atoms with van der Waals surface area (Å²) in [5, 5.41) is 12.6. The molecule has 1 aliphatic heterocycles. The molecule has 1 heterocycles. The van der Waals surface area contributed by atoms with Crippen molar-refractivity contribution in [2.45, 2.75) is 63.5 Å². The maximum absolute atomic E-state index is 13.6. The number of allylic oxidation sites excluding steroid dienone is 2. The highest BCUT2D eigenvalue weighted by molar-refractivity contribution is 7.89. The average Bonchev–Trinajstić information content (AvgIpc) is 3.33. The molecule has 9 heteroatoms. The molecule has 8 nitrogen and oxygen atoms in total. The zero-order chi connectivity index (χ0) is 24.2. The number of aliphatic hydroxyl groups is 1. The Bertz CT molecular complexity index is 978. The third-order valence-corrected chi connectivity index (χ3v) is 8.43. The van der Waals surface area contributed by atoms with Gasteiger partial charge in [0.15, 0.2) is 0 Å². The normalized spacial score (nSPS) is 23.5. The number of benzene rings is 1. The number of ether oxygens (including phenoxy) is 1. The van der Waals surface area contributed by atoms with Gasteiger partial charge in [-0.05, 0) is 55.9 Å². The zero-order valence-electron chi connectivity index (χ0n) is 20.1. The number of sulfonamides is 1. The molecule has 3 rings (SSSR count). The lowest BCUT2D eigenvalue weighted by Gasteiger charge is -2.37. The van der Waals surface area contributed by atoms with E-state index in [1.54, 1.807) is 24.9 Å². The van der Waals surface area contributed by atoms with Crippen LogP contribution in [0, 0.1) is 5.92 Å². The number of aliphatic hydroxyl groups excluding tert-OH is 1. The van der Waals surface area contributed by atoms with E-state index in [1.807, 2.05) is 26.0 Å². The van der Waals surface area contributed by atoms with Gasteiger partial charge in [-0.25, -0.2) is 13.2 Å². The largest absolute Gasteiger partial charge is 0.487 e. The van der Waals surface area contributed by atoms with Gasteiger partial charge in [0, 0.05) is 32.1 Å². The Morgan fingerprint density at radius 3 is 2.79 bits per heavy atom. The van der Waals surface area contributed by atoms with E-state index in [0.29, 0.717) is 18.8 Å². The van der Waals surface area contributed by atoms with Gasteiger partial charge in [-0.1, -0.05) is 26.0 Å². The number of rotatable bonds is 7. The Hall–Kier alpha value is -2.10. The Balaban J connectivity index is 2.00. The number of likely N-dealkylation sites (N-methyl/N-ethyl adjacent to an activating group) is 1. The summed E-state index contributed by atoms with van der Waals surface area (Å²) >= 11 is 0. The minimum absolute atomic E-state index is 0.0973. The van der Waals surface area contributed by atoms with Crippen LogP contribution in [-0.4, -0.2) is 74.2 Å². The van der Waals surface area contributed by atoms with E-state index in [4.69, 9.17) is 4.74 Å². The molecule has 0 saturated heterocycles. The fourth-order valence-electron chi connectivity index (χ4n) is 4.30. The predicted octanol–water partition coefficient (Wildman–Crippen LogP) is 3.07. The molecule has 3 atom stereocenters. The topological polar surface area (TPSA) is 99.2 Å². The summed E-state index contributed by atoms with van der Waals surface area (Å²) in [6, 6.07) is 4.50.